The van der Waals surface area contributed by atoms with Gasteiger partial charge in [0.05, 0.1) is 0 Å². The van der Waals surface area contributed by atoms with Gasteiger partial charge in [-0.25, -0.2) is 0 Å². The lowest BCUT2D eigenvalue weighted by molar-refractivity contribution is -0.137. The Morgan fingerprint density at radius 2 is 1.56 bits per heavy atom. The van der Waals surface area contributed by atoms with E-state index >= 15 is 0 Å². The van der Waals surface area contributed by atoms with Crippen molar-refractivity contribution in [2.45, 2.75) is 19.4 Å². The highest BCUT2D eigenvalue weighted by Gasteiger charge is 2.04. The third-order valence-electron chi connectivity index (χ3n) is 3.33. The third kappa shape index (κ3) is 7.39. The molecule has 1 amide bonds. The number of carboxylic acids is 1. The summed E-state index contributed by atoms with van der Waals surface area (Å²) in [5.41, 5.74) is 1.09. The quantitative estimate of drug-likeness (QED) is 0.648. The molecule has 0 aliphatic rings. The van der Waals surface area contributed by atoms with Crippen LogP contribution in [0.3, 0.4) is 0 Å². The number of rotatable bonds is 10. The minimum Gasteiger partial charge on any atom is -0.489 e. The predicted octanol–water partition coefficient (Wildman–Crippen LogP) is 2.63. The van der Waals surface area contributed by atoms with Crippen molar-refractivity contribution in [1.82, 2.24) is 5.32 Å². The molecule has 2 aromatic rings. The molecule has 0 bridgehead atoms. The van der Waals surface area contributed by atoms with Crippen LogP contribution < -0.4 is 14.8 Å². The average Bonchev–Trinajstić information content (AvgIpc) is 2.63. The minimum absolute atomic E-state index is 0.0333. The van der Waals surface area contributed by atoms with E-state index in [9.17, 15) is 9.59 Å². The summed E-state index contributed by atoms with van der Waals surface area (Å²) in [7, 11) is 0. The van der Waals surface area contributed by atoms with Crippen LogP contribution in [0.1, 0.15) is 18.4 Å². The normalized spacial score (nSPS) is 10.1. The summed E-state index contributed by atoms with van der Waals surface area (Å²) in [4.78, 5) is 21.9. The molecule has 0 aromatic heterocycles. The summed E-state index contributed by atoms with van der Waals surface area (Å²) in [5.74, 6) is 0.122. The van der Waals surface area contributed by atoms with Crippen LogP contribution in [-0.4, -0.2) is 30.1 Å². The van der Waals surface area contributed by atoms with E-state index in [4.69, 9.17) is 14.6 Å². The molecule has 0 unspecified atom stereocenters. The summed E-state index contributed by atoms with van der Waals surface area (Å²) < 4.78 is 11.1. The maximum atomic E-state index is 11.6. The first kappa shape index (κ1) is 18.3. The van der Waals surface area contributed by atoms with E-state index in [1.807, 2.05) is 30.3 Å². The highest BCUT2D eigenvalue weighted by atomic mass is 16.5. The van der Waals surface area contributed by atoms with E-state index in [-0.39, 0.29) is 18.9 Å². The highest BCUT2D eigenvalue weighted by Crippen LogP contribution is 2.18. The van der Waals surface area contributed by atoms with Crippen LogP contribution in [-0.2, 0) is 16.2 Å². The van der Waals surface area contributed by atoms with Crippen LogP contribution in [0.25, 0.3) is 0 Å². The van der Waals surface area contributed by atoms with Gasteiger partial charge in [0.2, 0.25) is 0 Å². The molecule has 0 saturated carbocycles. The number of carbonyl (C=O) groups excluding carboxylic acids is 1. The largest absolute Gasteiger partial charge is 0.489 e. The lowest BCUT2D eigenvalue weighted by atomic mass is 10.2. The maximum Gasteiger partial charge on any atom is 0.303 e. The van der Waals surface area contributed by atoms with Gasteiger partial charge in [-0.3, -0.25) is 9.59 Å². The summed E-state index contributed by atoms with van der Waals surface area (Å²) >= 11 is 0. The molecule has 6 heteroatoms. The standard InChI is InChI=1S/C19H21NO5/c21-18(20-12-4-7-19(22)23)14-25-17-10-8-16(9-11-17)24-13-15-5-2-1-3-6-15/h1-3,5-6,8-11H,4,7,12-14H2,(H,20,21)(H,22,23). The van der Waals surface area contributed by atoms with Crippen LogP contribution in [0, 0.1) is 0 Å². The fourth-order valence-electron chi connectivity index (χ4n) is 2.04. The number of ether oxygens (including phenoxy) is 2. The second kappa shape index (κ2) is 9.97. The molecule has 0 fully saturated rings. The molecule has 0 heterocycles. The van der Waals surface area contributed by atoms with Crippen LogP contribution in [0.5, 0.6) is 11.5 Å². The van der Waals surface area contributed by atoms with Gasteiger partial charge in [0.25, 0.3) is 5.91 Å². The molecule has 0 atom stereocenters. The summed E-state index contributed by atoms with van der Waals surface area (Å²) in [6.45, 7) is 0.692. The van der Waals surface area contributed by atoms with Crippen molar-refractivity contribution >= 4 is 11.9 Å². The minimum atomic E-state index is -0.875. The van der Waals surface area contributed by atoms with E-state index in [0.717, 1.165) is 5.56 Å². The number of carbonyl (C=O) groups is 2. The number of carboxylic acid groups (broad SMARTS) is 1. The number of benzene rings is 2. The van der Waals surface area contributed by atoms with Crippen molar-refractivity contribution in [1.29, 1.82) is 0 Å². The van der Waals surface area contributed by atoms with Crippen molar-refractivity contribution in [3.63, 3.8) is 0 Å². The molecule has 25 heavy (non-hydrogen) atoms. The smallest absolute Gasteiger partial charge is 0.303 e. The Labute approximate surface area is 146 Å². The first-order chi connectivity index (χ1) is 12.1. The Hall–Kier alpha value is -3.02. The molecule has 0 saturated heterocycles. The SMILES string of the molecule is O=C(O)CCCNC(=O)COc1ccc(OCc2ccccc2)cc1. The van der Waals surface area contributed by atoms with Gasteiger partial charge in [0.1, 0.15) is 18.1 Å². The van der Waals surface area contributed by atoms with Gasteiger partial charge in [-0.1, -0.05) is 30.3 Å². The van der Waals surface area contributed by atoms with Crippen molar-refractivity contribution < 1.29 is 24.2 Å². The second-order valence-corrected chi connectivity index (χ2v) is 5.38. The second-order valence-electron chi connectivity index (χ2n) is 5.38. The topological polar surface area (TPSA) is 84.9 Å². The van der Waals surface area contributed by atoms with Gasteiger partial charge in [0.15, 0.2) is 6.61 Å². The van der Waals surface area contributed by atoms with Gasteiger partial charge in [-0.15, -0.1) is 0 Å². The predicted molar refractivity (Wildman–Crippen MR) is 92.6 cm³/mol. The molecular weight excluding hydrogens is 322 g/mol. The monoisotopic (exact) mass is 343 g/mol. The summed E-state index contributed by atoms with van der Waals surface area (Å²) in [5, 5.41) is 11.1. The average molecular weight is 343 g/mol. The van der Waals surface area contributed by atoms with Gasteiger partial charge >= 0.3 is 5.97 Å². The van der Waals surface area contributed by atoms with E-state index in [0.29, 0.717) is 31.1 Å². The Morgan fingerprint density at radius 3 is 2.20 bits per heavy atom. The molecule has 2 N–H and O–H groups in total. The van der Waals surface area contributed by atoms with Gasteiger partial charge in [-0.05, 0) is 36.2 Å². The molecular formula is C19H21NO5. The number of aliphatic carboxylic acids is 1. The zero-order chi connectivity index (χ0) is 17.9. The van der Waals surface area contributed by atoms with Crippen molar-refractivity contribution in [2.75, 3.05) is 13.2 Å². The summed E-state index contributed by atoms with van der Waals surface area (Å²) in [6.07, 6.45) is 0.431. The van der Waals surface area contributed by atoms with Crippen LogP contribution >= 0.6 is 0 Å². The third-order valence-corrected chi connectivity index (χ3v) is 3.33. The van der Waals surface area contributed by atoms with E-state index < -0.39 is 5.97 Å². The van der Waals surface area contributed by atoms with Crippen molar-refractivity contribution in [3.05, 3.63) is 60.2 Å². The zero-order valence-electron chi connectivity index (χ0n) is 13.8. The highest BCUT2D eigenvalue weighted by molar-refractivity contribution is 5.77. The van der Waals surface area contributed by atoms with E-state index in [2.05, 4.69) is 5.32 Å². The Morgan fingerprint density at radius 1 is 0.920 bits per heavy atom. The molecule has 0 aliphatic heterocycles. The molecule has 2 aromatic carbocycles. The van der Waals surface area contributed by atoms with Crippen LogP contribution in [0.15, 0.2) is 54.6 Å². The van der Waals surface area contributed by atoms with Crippen LogP contribution in [0.2, 0.25) is 0 Å². The van der Waals surface area contributed by atoms with Crippen molar-refractivity contribution in [3.8, 4) is 11.5 Å². The maximum absolute atomic E-state index is 11.6. The lowest BCUT2D eigenvalue weighted by Gasteiger charge is -2.09. The van der Waals surface area contributed by atoms with Gasteiger partial charge in [-0.2, -0.15) is 0 Å². The van der Waals surface area contributed by atoms with Crippen LogP contribution in [0.4, 0.5) is 0 Å². The Bertz CT molecular complexity index is 670. The molecule has 0 aliphatic carbocycles. The first-order valence-electron chi connectivity index (χ1n) is 8.01. The Balaban J connectivity index is 1.67. The fourth-order valence-corrected chi connectivity index (χ4v) is 2.04. The number of hydrogen-bond donors (Lipinski definition) is 2. The van der Waals surface area contributed by atoms with E-state index in [1.54, 1.807) is 24.3 Å². The number of amides is 1. The Kier molecular flexibility index (Phi) is 7.31. The lowest BCUT2D eigenvalue weighted by Crippen LogP contribution is -2.29. The first-order valence-corrected chi connectivity index (χ1v) is 8.01. The molecule has 6 nitrogen and oxygen atoms in total. The van der Waals surface area contributed by atoms with Gasteiger partial charge in [0, 0.05) is 13.0 Å². The zero-order valence-corrected chi connectivity index (χ0v) is 13.8. The number of nitrogens with one attached hydrogen (secondary N) is 1. The molecule has 0 radical (unpaired) electrons. The van der Waals surface area contributed by atoms with E-state index in [1.165, 1.54) is 0 Å². The fraction of sp³-hybridized carbons (Fsp3) is 0.263. The van der Waals surface area contributed by atoms with Gasteiger partial charge < -0.3 is 19.9 Å². The molecule has 2 rings (SSSR count). The molecule has 132 valence electrons. The van der Waals surface area contributed by atoms with Crippen molar-refractivity contribution in [2.24, 2.45) is 0 Å². The summed E-state index contributed by atoms with van der Waals surface area (Å²) in [6, 6.07) is 16.9. The number of hydrogen-bond acceptors (Lipinski definition) is 4. The molecule has 0 spiro atoms.